The fourth-order valence-corrected chi connectivity index (χ4v) is 10.8. The van der Waals surface area contributed by atoms with E-state index in [1.807, 2.05) is 5.57 Å². The van der Waals surface area contributed by atoms with Crippen LogP contribution in [0.25, 0.3) is 0 Å². The zero-order valence-electron chi connectivity index (χ0n) is 24.1. The molecule has 0 saturated heterocycles. The standard InChI is InChI=1S/C33H52O2/c1-21(2)22(3)10-11-23(4)25-14-16-31(9)27-13-12-26-29(6,7)28(35-24(5)34)15-17-32(26)20-33(27,32)19-18-30(25,31)8/h13,21,23,25-26,28H,3,10-12,14-20H2,1-2,4-9H3/t23-,25-,26?,28+,30-,31+,32+,33-/m1/s1. The largest absolute Gasteiger partial charge is 0.462 e. The van der Waals surface area contributed by atoms with Crippen LogP contribution in [0, 0.1) is 50.7 Å². The number of carbonyl (C=O) groups excluding carboxylic acids is 1. The molecule has 0 aromatic heterocycles. The van der Waals surface area contributed by atoms with Crippen LogP contribution in [-0.2, 0) is 9.53 Å². The van der Waals surface area contributed by atoms with E-state index in [-0.39, 0.29) is 17.5 Å². The van der Waals surface area contributed by atoms with E-state index in [1.165, 1.54) is 63.4 Å². The minimum atomic E-state index is -0.111. The van der Waals surface area contributed by atoms with Crippen LogP contribution in [0.2, 0.25) is 0 Å². The normalized spacial score (nSPS) is 46.0. The second-order valence-corrected chi connectivity index (χ2v) is 15.0. The molecule has 5 aliphatic rings. The molecule has 0 radical (unpaired) electrons. The molecule has 5 aliphatic carbocycles. The first-order valence-corrected chi connectivity index (χ1v) is 14.8. The van der Waals surface area contributed by atoms with Crippen LogP contribution in [0.1, 0.15) is 120 Å². The van der Waals surface area contributed by atoms with Gasteiger partial charge in [0.1, 0.15) is 6.10 Å². The van der Waals surface area contributed by atoms with Gasteiger partial charge in [-0.15, -0.1) is 0 Å². The SMILES string of the molecule is C=C(CC[C@@H](C)[C@H]1CC[C@@]2(C)C3=CCC4C(C)(C)[C@@H](OC(C)=O)CC[C@]45C[C@]35CC[C@]12C)C(C)C. The molecule has 2 heteroatoms. The summed E-state index contributed by atoms with van der Waals surface area (Å²) in [5.41, 5.74) is 5.03. The highest BCUT2D eigenvalue weighted by Crippen LogP contribution is 2.88. The monoisotopic (exact) mass is 480 g/mol. The first kappa shape index (κ1) is 25.6. The molecular weight excluding hydrogens is 428 g/mol. The number of carbonyl (C=O) groups is 1. The van der Waals surface area contributed by atoms with Crippen LogP contribution in [0.5, 0.6) is 0 Å². The summed E-state index contributed by atoms with van der Waals surface area (Å²) in [6.07, 6.45) is 15.7. The molecule has 4 fully saturated rings. The molecule has 1 unspecified atom stereocenters. The first-order chi connectivity index (χ1) is 16.3. The van der Waals surface area contributed by atoms with Crippen molar-refractivity contribution in [3.63, 3.8) is 0 Å². The van der Waals surface area contributed by atoms with E-state index in [0.29, 0.717) is 33.5 Å². The van der Waals surface area contributed by atoms with Crippen molar-refractivity contribution < 1.29 is 9.53 Å². The van der Waals surface area contributed by atoms with Crippen molar-refractivity contribution in [2.75, 3.05) is 0 Å². The molecular formula is C33H52O2. The highest BCUT2D eigenvalue weighted by atomic mass is 16.5. The van der Waals surface area contributed by atoms with Gasteiger partial charge in [0, 0.05) is 12.3 Å². The van der Waals surface area contributed by atoms with Gasteiger partial charge in [0.15, 0.2) is 0 Å². The molecule has 2 spiro atoms. The number of hydrogen-bond donors (Lipinski definition) is 0. The first-order valence-electron chi connectivity index (χ1n) is 14.8. The lowest BCUT2D eigenvalue weighted by Gasteiger charge is -2.60. The number of hydrogen-bond acceptors (Lipinski definition) is 2. The minimum absolute atomic E-state index is 0.0582. The van der Waals surface area contributed by atoms with Crippen molar-refractivity contribution in [1.29, 1.82) is 0 Å². The molecule has 0 aromatic rings. The average Bonchev–Trinajstić information content (AvgIpc) is 3.36. The van der Waals surface area contributed by atoms with E-state index in [1.54, 1.807) is 6.92 Å². The molecule has 0 amide bonds. The number of rotatable bonds is 6. The molecule has 5 rings (SSSR count). The summed E-state index contributed by atoms with van der Waals surface area (Å²) in [4.78, 5) is 11.8. The molecule has 35 heavy (non-hydrogen) atoms. The van der Waals surface area contributed by atoms with E-state index in [2.05, 4.69) is 61.1 Å². The zero-order chi connectivity index (χ0) is 25.6. The Bertz CT molecular complexity index is 941. The topological polar surface area (TPSA) is 26.3 Å². The van der Waals surface area contributed by atoms with Crippen LogP contribution in [0.15, 0.2) is 23.8 Å². The Balaban J connectivity index is 1.41. The molecule has 0 aliphatic heterocycles. The average molecular weight is 481 g/mol. The summed E-state index contributed by atoms with van der Waals surface area (Å²) in [7, 11) is 0. The Morgan fingerprint density at radius 1 is 1.09 bits per heavy atom. The maximum absolute atomic E-state index is 11.8. The molecule has 0 heterocycles. The molecule has 4 saturated carbocycles. The Kier molecular flexibility index (Phi) is 5.83. The van der Waals surface area contributed by atoms with Gasteiger partial charge in [0.05, 0.1) is 0 Å². The van der Waals surface area contributed by atoms with Crippen LogP contribution < -0.4 is 0 Å². The van der Waals surface area contributed by atoms with Crippen LogP contribution >= 0.6 is 0 Å². The third-order valence-corrected chi connectivity index (χ3v) is 13.2. The summed E-state index contributed by atoms with van der Waals surface area (Å²) < 4.78 is 5.89. The Morgan fingerprint density at radius 3 is 2.46 bits per heavy atom. The fraction of sp³-hybridized carbons (Fsp3) is 0.848. The number of esters is 1. The van der Waals surface area contributed by atoms with Gasteiger partial charge >= 0.3 is 5.97 Å². The quantitative estimate of drug-likeness (QED) is 0.280. The summed E-state index contributed by atoms with van der Waals surface area (Å²) in [5, 5.41) is 0. The summed E-state index contributed by atoms with van der Waals surface area (Å²) in [6, 6.07) is 0. The lowest BCUT2D eigenvalue weighted by molar-refractivity contribution is -0.165. The number of allylic oxidation sites excluding steroid dienone is 3. The van der Waals surface area contributed by atoms with Gasteiger partial charge in [-0.1, -0.05) is 72.3 Å². The second-order valence-electron chi connectivity index (χ2n) is 15.0. The van der Waals surface area contributed by atoms with E-state index in [9.17, 15) is 4.79 Å². The highest BCUT2D eigenvalue weighted by Gasteiger charge is 2.80. The second kappa shape index (κ2) is 7.97. The Labute approximate surface area is 215 Å². The van der Waals surface area contributed by atoms with Crippen molar-refractivity contribution in [1.82, 2.24) is 0 Å². The summed E-state index contributed by atoms with van der Waals surface area (Å²) in [5.74, 6) is 2.74. The molecule has 2 nitrogen and oxygen atoms in total. The number of ether oxygens (including phenoxy) is 1. The maximum Gasteiger partial charge on any atom is 0.302 e. The van der Waals surface area contributed by atoms with Gasteiger partial charge in [-0.05, 0) is 110 Å². The van der Waals surface area contributed by atoms with Gasteiger partial charge in [-0.3, -0.25) is 4.79 Å². The lowest BCUT2D eigenvalue weighted by Crippen LogP contribution is -2.54. The fourth-order valence-electron chi connectivity index (χ4n) is 10.8. The minimum Gasteiger partial charge on any atom is -0.462 e. The number of fused-ring (bicyclic) bond motifs is 2. The summed E-state index contributed by atoms with van der Waals surface area (Å²) in [6.45, 7) is 23.2. The molecule has 0 bridgehead atoms. The lowest BCUT2D eigenvalue weighted by atomic mass is 9.45. The van der Waals surface area contributed by atoms with Gasteiger partial charge in [-0.2, -0.15) is 0 Å². The van der Waals surface area contributed by atoms with Crippen LogP contribution in [0.3, 0.4) is 0 Å². The van der Waals surface area contributed by atoms with Gasteiger partial charge in [0.25, 0.3) is 0 Å². The smallest absolute Gasteiger partial charge is 0.302 e. The Morgan fingerprint density at radius 2 is 1.80 bits per heavy atom. The molecule has 0 N–H and O–H groups in total. The van der Waals surface area contributed by atoms with E-state index < -0.39 is 0 Å². The Hall–Kier alpha value is -1.05. The van der Waals surface area contributed by atoms with Crippen molar-refractivity contribution in [2.45, 2.75) is 126 Å². The molecule has 0 aromatic carbocycles. The third kappa shape index (κ3) is 3.29. The van der Waals surface area contributed by atoms with Crippen molar-refractivity contribution >= 4 is 5.97 Å². The summed E-state index contributed by atoms with van der Waals surface area (Å²) >= 11 is 0. The van der Waals surface area contributed by atoms with Gasteiger partial charge in [0.2, 0.25) is 0 Å². The van der Waals surface area contributed by atoms with Crippen molar-refractivity contribution in [3.8, 4) is 0 Å². The molecule has 196 valence electrons. The van der Waals surface area contributed by atoms with E-state index in [0.717, 1.165) is 18.3 Å². The zero-order valence-corrected chi connectivity index (χ0v) is 24.1. The third-order valence-electron chi connectivity index (χ3n) is 13.2. The van der Waals surface area contributed by atoms with E-state index >= 15 is 0 Å². The maximum atomic E-state index is 11.8. The van der Waals surface area contributed by atoms with E-state index in [4.69, 9.17) is 4.74 Å². The molecule has 8 atom stereocenters. The van der Waals surface area contributed by atoms with Gasteiger partial charge < -0.3 is 4.74 Å². The van der Waals surface area contributed by atoms with Crippen molar-refractivity contribution in [2.24, 2.45) is 50.7 Å². The van der Waals surface area contributed by atoms with Crippen LogP contribution in [-0.4, -0.2) is 12.1 Å². The van der Waals surface area contributed by atoms with Crippen LogP contribution in [0.4, 0.5) is 0 Å². The predicted molar refractivity (Wildman–Crippen MR) is 145 cm³/mol. The van der Waals surface area contributed by atoms with Gasteiger partial charge in [-0.25, -0.2) is 0 Å². The van der Waals surface area contributed by atoms with Crippen molar-refractivity contribution in [3.05, 3.63) is 23.8 Å². The predicted octanol–water partition coefficient (Wildman–Crippen LogP) is 8.91. The highest BCUT2D eigenvalue weighted by molar-refractivity contribution is 5.66.